The number of hydrogen-bond acceptors (Lipinski definition) is 3. The second-order valence-electron chi connectivity index (χ2n) is 5.02. The molecule has 1 saturated heterocycles. The van der Waals surface area contributed by atoms with Crippen LogP contribution in [0.5, 0.6) is 0 Å². The van der Waals surface area contributed by atoms with Crippen molar-refractivity contribution >= 4 is 11.6 Å². The zero-order valence-electron chi connectivity index (χ0n) is 11.9. The molecule has 2 rings (SSSR count). The van der Waals surface area contributed by atoms with Crippen molar-refractivity contribution in [3.63, 3.8) is 0 Å². The summed E-state index contributed by atoms with van der Waals surface area (Å²) in [5.74, 6) is 4.73. The first-order chi connectivity index (χ1) is 10.1. The Morgan fingerprint density at radius 2 is 2.38 bits per heavy atom. The van der Waals surface area contributed by atoms with Crippen LogP contribution in [-0.4, -0.2) is 30.3 Å². The first-order valence-electron chi connectivity index (χ1n) is 6.93. The van der Waals surface area contributed by atoms with E-state index in [1.54, 1.807) is 6.07 Å². The molecule has 1 aromatic carbocycles. The Balaban J connectivity index is 2.04. The van der Waals surface area contributed by atoms with Crippen LogP contribution < -0.4 is 5.32 Å². The summed E-state index contributed by atoms with van der Waals surface area (Å²) in [6.07, 6.45) is 0.658. The molecular weight excluding hydrogens is 273 g/mol. The molecule has 5 heteroatoms. The van der Waals surface area contributed by atoms with Gasteiger partial charge in [0.15, 0.2) is 0 Å². The summed E-state index contributed by atoms with van der Waals surface area (Å²) in [5, 5.41) is 11.2. The van der Waals surface area contributed by atoms with Crippen LogP contribution in [0, 0.1) is 23.6 Å². The van der Waals surface area contributed by atoms with Crippen LogP contribution >= 0.6 is 0 Å². The number of aliphatic hydroxyl groups excluding tert-OH is 1. The number of amides is 1. The minimum atomic E-state index is -0.537. The van der Waals surface area contributed by atoms with E-state index < -0.39 is 11.9 Å². The van der Waals surface area contributed by atoms with E-state index in [1.807, 2.05) is 6.92 Å². The van der Waals surface area contributed by atoms with E-state index in [2.05, 4.69) is 17.2 Å². The van der Waals surface area contributed by atoms with E-state index in [-0.39, 0.29) is 24.1 Å². The van der Waals surface area contributed by atoms with Crippen LogP contribution in [-0.2, 0) is 9.53 Å². The Bertz CT molecular complexity index is 577. The van der Waals surface area contributed by atoms with Crippen molar-refractivity contribution in [2.75, 3.05) is 18.5 Å². The second-order valence-corrected chi connectivity index (χ2v) is 5.02. The smallest absolute Gasteiger partial charge is 0.253 e. The van der Waals surface area contributed by atoms with Gasteiger partial charge in [-0.15, -0.1) is 0 Å². The summed E-state index contributed by atoms with van der Waals surface area (Å²) in [5.41, 5.74) is 0.625. The van der Waals surface area contributed by atoms with E-state index in [0.717, 1.165) is 6.42 Å². The van der Waals surface area contributed by atoms with Crippen molar-refractivity contribution < 1.29 is 19.0 Å². The number of ether oxygens (including phenoxy) is 1. The van der Waals surface area contributed by atoms with E-state index in [9.17, 15) is 9.18 Å². The highest BCUT2D eigenvalue weighted by molar-refractivity contribution is 5.94. The normalized spacial score (nSPS) is 20.7. The van der Waals surface area contributed by atoms with Gasteiger partial charge >= 0.3 is 0 Å². The standard InChI is InChI=1S/C16H18FNO3/c1-11-7-9-21-15(11)16(20)18-14-6-5-12(10-13(14)17)4-2-3-8-19/h5-6,10-11,15,19H,3,7-9H2,1H3,(H,18,20). The Morgan fingerprint density at radius 3 is 3.00 bits per heavy atom. The summed E-state index contributed by atoms with van der Waals surface area (Å²) in [6, 6.07) is 4.37. The van der Waals surface area contributed by atoms with Gasteiger partial charge in [-0.05, 0) is 30.5 Å². The zero-order chi connectivity index (χ0) is 15.2. The lowest BCUT2D eigenvalue weighted by molar-refractivity contribution is -0.126. The van der Waals surface area contributed by atoms with E-state index in [0.29, 0.717) is 18.6 Å². The first kappa shape index (κ1) is 15.5. The highest BCUT2D eigenvalue weighted by Crippen LogP contribution is 2.22. The van der Waals surface area contributed by atoms with E-state index in [1.165, 1.54) is 12.1 Å². The fourth-order valence-corrected chi connectivity index (χ4v) is 2.15. The molecule has 2 atom stereocenters. The fraction of sp³-hybridized carbons (Fsp3) is 0.438. The maximum atomic E-state index is 13.9. The third-order valence-electron chi connectivity index (χ3n) is 3.34. The molecule has 1 aliphatic heterocycles. The first-order valence-corrected chi connectivity index (χ1v) is 6.93. The Kier molecular flexibility index (Phi) is 5.32. The molecule has 1 aliphatic rings. The van der Waals surface area contributed by atoms with Gasteiger partial charge in [0.2, 0.25) is 0 Å². The summed E-state index contributed by atoms with van der Waals surface area (Å²) < 4.78 is 19.3. The number of carbonyl (C=O) groups is 1. The van der Waals surface area contributed by atoms with E-state index in [4.69, 9.17) is 9.84 Å². The number of rotatable bonds is 3. The molecule has 112 valence electrons. The lowest BCUT2D eigenvalue weighted by atomic mass is 10.0. The summed E-state index contributed by atoms with van der Waals surface area (Å²) in [4.78, 5) is 12.0. The fourth-order valence-electron chi connectivity index (χ4n) is 2.15. The monoisotopic (exact) mass is 291 g/mol. The summed E-state index contributed by atoms with van der Waals surface area (Å²) in [7, 11) is 0. The molecule has 0 saturated carbocycles. The molecule has 0 spiro atoms. The van der Waals surface area contributed by atoms with E-state index >= 15 is 0 Å². The molecule has 0 aliphatic carbocycles. The minimum Gasteiger partial charge on any atom is -0.395 e. The maximum absolute atomic E-state index is 13.9. The quantitative estimate of drug-likeness (QED) is 0.837. The molecule has 2 unspecified atom stereocenters. The molecule has 0 aromatic heterocycles. The zero-order valence-corrected chi connectivity index (χ0v) is 11.9. The van der Waals surface area contributed by atoms with Crippen molar-refractivity contribution in [3.05, 3.63) is 29.6 Å². The molecule has 2 N–H and O–H groups in total. The van der Waals surface area contributed by atoms with Gasteiger partial charge in [0.25, 0.3) is 5.91 Å². The van der Waals surface area contributed by atoms with Gasteiger partial charge in [0.1, 0.15) is 11.9 Å². The number of aliphatic hydroxyl groups is 1. The molecule has 1 heterocycles. The van der Waals surface area contributed by atoms with Gasteiger partial charge in [-0.25, -0.2) is 4.39 Å². The molecule has 0 bridgehead atoms. The molecule has 4 nitrogen and oxygen atoms in total. The van der Waals surface area contributed by atoms with Crippen LogP contribution in [0.2, 0.25) is 0 Å². The molecule has 0 radical (unpaired) electrons. The van der Waals surface area contributed by atoms with Crippen molar-refractivity contribution in [1.29, 1.82) is 0 Å². The third kappa shape index (κ3) is 4.03. The van der Waals surface area contributed by atoms with Gasteiger partial charge in [0, 0.05) is 18.6 Å². The van der Waals surface area contributed by atoms with Crippen molar-refractivity contribution in [3.8, 4) is 11.8 Å². The third-order valence-corrected chi connectivity index (χ3v) is 3.34. The predicted octanol–water partition coefficient (Wildman–Crippen LogP) is 1.92. The summed E-state index contributed by atoms with van der Waals surface area (Å²) in [6.45, 7) is 2.47. The second kappa shape index (κ2) is 7.21. The number of hydrogen-bond donors (Lipinski definition) is 2. The Hall–Kier alpha value is -1.90. The van der Waals surface area contributed by atoms with Gasteiger partial charge in [-0.2, -0.15) is 0 Å². The van der Waals surface area contributed by atoms with Crippen LogP contribution in [0.25, 0.3) is 0 Å². The lowest BCUT2D eigenvalue weighted by Gasteiger charge is -2.14. The van der Waals surface area contributed by atoms with Crippen LogP contribution in [0.1, 0.15) is 25.3 Å². The van der Waals surface area contributed by atoms with Crippen LogP contribution in [0.4, 0.5) is 10.1 Å². The van der Waals surface area contributed by atoms with Crippen molar-refractivity contribution in [2.24, 2.45) is 5.92 Å². The molecule has 1 amide bonds. The van der Waals surface area contributed by atoms with Crippen molar-refractivity contribution in [1.82, 2.24) is 0 Å². The molecular formula is C16H18FNO3. The van der Waals surface area contributed by atoms with Gasteiger partial charge in [-0.1, -0.05) is 18.8 Å². The number of anilines is 1. The largest absolute Gasteiger partial charge is 0.395 e. The highest BCUT2D eigenvalue weighted by atomic mass is 19.1. The molecule has 21 heavy (non-hydrogen) atoms. The van der Waals surface area contributed by atoms with Gasteiger partial charge in [-0.3, -0.25) is 4.79 Å². The Labute approximate surface area is 123 Å². The van der Waals surface area contributed by atoms with Gasteiger partial charge < -0.3 is 15.2 Å². The lowest BCUT2D eigenvalue weighted by Crippen LogP contribution is -2.31. The number of halogens is 1. The maximum Gasteiger partial charge on any atom is 0.253 e. The van der Waals surface area contributed by atoms with Crippen molar-refractivity contribution in [2.45, 2.75) is 25.9 Å². The van der Waals surface area contributed by atoms with Gasteiger partial charge in [0.05, 0.1) is 12.3 Å². The minimum absolute atomic E-state index is 0.0246. The average Bonchev–Trinajstić information content (AvgIpc) is 2.88. The molecule has 1 fully saturated rings. The Morgan fingerprint density at radius 1 is 1.57 bits per heavy atom. The number of carbonyl (C=O) groups excluding carboxylic acids is 1. The van der Waals surface area contributed by atoms with Crippen LogP contribution in [0.3, 0.4) is 0 Å². The number of benzene rings is 1. The summed E-state index contributed by atoms with van der Waals surface area (Å²) >= 11 is 0. The molecule has 1 aromatic rings. The number of nitrogens with one attached hydrogen (secondary N) is 1. The van der Waals surface area contributed by atoms with Crippen LogP contribution in [0.15, 0.2) is 18.2 Å². The highest BCUT2D eigenvalue weighted by Gasteiger charge is 2.31. The SMILES string of the molecule is CC1CCOC1C(=O)Nc1ccc(C#CCCO)cc1F. The average molecular weight is 291 g/mol. The predicted molar refractivity (Wildman–Crippen MR) is 77.1 cm³/mol. The topological polar surface area (TPSA) is 58.6 Å².